The van der Waals surface area contributed by atoms with Crippen molar-refractivity contribution in [2.45, 2.75) is 32.6 Å². The summed E-state index contributed by atoms with van der Waals surface area (Å²) in [4.78, 5) is 0. The molecular weight excluding hydrogens is 136 g/mol. The van der Waals surface area contributed by atoms with E-state index in [1.54, 1.807) is 0 Å². The molecule has 0 radical (unpaired) electrons. The fourth-order valence-corrected chi connectivity index (χ4v) is 0.625. The van der Waals surface area contributed by atoms with Crippen LogP contribution in [-0.4, -0.2) is 19.0 Å². The van der Waals surface area contributed by atoms with Gasteiger partial charge in [-0.2, -0.15) is 0 Å². The summed E-state index contributed by atoms with van der Waals surface area (Å²) in [5.41, 5.74) is 0. The summed E-state index contributed by atoms with van der Waals surface area (Å²) >= 11 is 0. The van der Waals surface area contributed by atoms with Crippen LogP contribution in [0.1, 0.15) is 28.1 Å². The van der Waals surface area contributed by atoms with Crippen LogP contribution >= 0.6 is 0 Å². The third-order valence-electron chi connectivity index (χ3n) is 1.43. The average molecular weight is 153 g/mol. The minimum Gasteiger partial charge on any atom is -0.317 e. The third-order valence-corrected chi connectivity index (χ3v) is 1.43. The Balaban J connectivity index is 0. The number of hydrogen-bond donors (Lipinski definition) is 1. The van der Waals surface area contributed by atoms with Gasteiger partial charge in [0.25, 0.3) is 0 Å². The highest BCUT2D eigenvalue weighted by Gasteiger charge is 2.24. The van der Waals surface area contributed by atoms with Crippen molar-refractivity contribution in [1.82, 2.24) is 5.32 Å². The van der Waals surface area contributed by atoms with E-state index < -0.39 is 5.92 Å². The second kappa shape index (κ2) is 4.61. The standard InChI is InChI=1S/C7H15F2N.H2/c1-3-7(8,9)5-6-10-4-2;/h10H,3-6H2,1-2H3;1H. The predicted octanol–water partition coefficient (Wildman–Crippen LogP) is 2.28. The predicted molar refractivity (Wildman–Crippen MR) is 40.5 cm³/mol. The Morgan fingerprint density at radius 3 is 2.40 bits per heavy atom. The van der Waals surface area contributed by atoms with Gasteiger partial charge in [0, 0.05) is 20.8 Å². The van der Waals surface area contributed by atoms with Gasteiger partial charge < -0.3 is 5.32 Å². The second-order valence-corrected chi connectivity index (χ2v) is 2.31. The van der Waals surface area contributed by atoms with Crippen molar-refractivity contribution in [2.24, 2.45) is 0 Å². The molecule has 0 fully saturated rings. The lowest BCUT2D eigenvalue weighted by Gasteiger charge is -2.12. The van der Waals surface area contributed by atoms with Crippen molar-refractivity contribution in [3.63, 3.8) is 0 Å². The maximum Gasteiger partial charge on any atom is 0.249 e. The molecule has 0 bridgehead atoms. The summed E-state index contributed by atoms with van der Waals surface area (Å²) < 4.78 is 24.9. The van der Waals surface area contributed by atoms with Crippen LogP contribution in [0, 0.1) is 0 Å². The zero-order valence-electron chi connectivity index (χ0n) is 6.58. The zero-order chi connectivity index (χ0) is 8.04. The topological polar surface area (TPSA) is 12.0 Å². The summed E-state index contributed by atoms with van der Waals surface area (Å²) in [6.45, 7) is 4.59. The molecule has 0 heterocycles. The number of rotatable bonds is 5. The molecule has 0 aromatic heterocycles. The van der Waals surface area contributed by atoms with Crippen molar-refractivity contribution in [1.29, 1.82) is 0 Å². The van der Waals surface area contributed by atoms with Gasteiger partial charge in [-0.15, -0.1) is 0 Å². The minimum absolute atomic E-state index is 0. The van der Waals surface area contributed by atoms with E-state index in [1.807, 2.05) is 6.92 Å². The lowest BCUT2D eigenvalue weighted by atomic mass is 10.2. The van der Waals surface area contributed by atoms with Crippen LogP contribution in [0.4, 0.5) is 8.78 Å². The van der Waals surface area contributed by atoms with Crippen LogP contribution in [0.25, 0.3) is 0 Å². The number of nitrogens with one attached hydrogen (secondary N) is 1. The summed E-state index contributed by atoms with van der Waals surface area (Å²) in [6.07, 6.45) is -0.101. The first-order chi connectivity index (χ1) is 4.62. The van der Waals surface area contributed by atoms with E-state index in [2.05, 4.69) is 5.32 Å². The van der Waals surface area contributed by atoms with E-state index in [1.165, 1.54) is 6.92 Å². The molecule has 0 saturated carbocycles. The first-order valence-corrected chi connectivity index (χ1v) is 3.71. The molecule has 3 heteroatoms. The fraction of sp³-hybridized carbons (Fsp3) is 1.00. The molecule has 1 nitrogen and oxygen atoms in total. The van der Waals surface area contributed by atoms with Gasteiger partial charge in [0.15, 0.2) is 0 Å². The summed E-state index contributed by atoms with van der Waals surface area (Å²) in [5.74, 6) is -2.47. The maximum absolute atomic E-state index is 12.4. The van der Waals surface area contributed by atoms with Gasteiger partial charge in [-0.3, -0.25) is 0 Å². The van der Waals surface area contributed by atoms with Crippen molar-refractivity contribution in [3.8, 4) is 0 Å². The van der Waals surface area contributed by atoms with Crippen LogP contribution in [-0.2, 0) is 0 Å². The molecule has 0 aliphatic heterocycles. The minimum atomic E-state index is -2.47. The third kappa shape index (κ3) is 4.68. The molecule has 0 unspecified atom stereocenters. The Bertz CT molecular complexity index is 88.5. The van der Waals surface area contributed by atoms with Gasteiger partial charge in [-0.1, -0.05) is 13.8 Å². The summed E-state index contributed by atoms with van der Waals surface area (Å²) in [7, 11) is 0. The molecule has 64 valence electrons. The average Bonchev–Trinajstić information content (AvgIpc) is 1.89. The number of hydrogen-bond acceptors (Lipinski definition) is 1. The monoisotopic (exact) mass is 153 g/mol. The zero-order valence-corrected chi connectivity index (χ0v) is 6.58. The van der Waals surface area contributed by atoms with E-state index in [9.17, 15) is 8.78 Å². The highest BCUT2D eigenvalue weighted by Crippen LogP contribution is 2.20. The summed E-state index contributed by atoms with van der Waals surface area (Å²) in [6, 6.07) is 0. The van der Waals surface area contributed by atoms with E-state index in [0.717, 1.165) is 6.54 Å². The van der Waals surface area contributed by atoms with Crippen molar-refractivity contribution in [2.75, 3.05) is 13.1 Å². The molecule has 10 heavy (non-hydrogen) atoms. The molecular formula is C7H17F2N. The Morgan fingerprint density at radius 1 is 1.40 bits per heavy atom. The Hall–Kier alpha value is -0.180. The maximum atomic E-state index is 12.4. The van der Waals surface area contributed by atoms with E-state index in [4.69, 9.17) is 0 Å². The van der Waals surface area contributed by atoms with Crippen LogP contribution in [0.2, 0.25) is 0 Å². The molecule has 1 N–H and O–H groups in total. The van der Waals surface area contributed by atoms with Gasteiger partial charge >= 0.3 is 0 Å². The van der Waals surface area contributed by atoms with Crippen LogP contribution < -0.4 is 5.32 Å². The quantitative estimate of drug-likeness (QED) is 0.597. The van der Waals surface area contributed by atoms with Gasteiger partial charge in [-0.25, -0.2) is 8.78 Å². The lowest BCUT2D eigenvalue weighted by molar-refractivity contribution is -0.0106. The molecule has 0 aliphatic rings. The van der Waals surface area contributed by atoms with E-state index in [0.29, 0.717) is 6.54 Å². The molecule has 0 saturated heterocycles. The van der Waals surface area contributed by atoms with Crippen LogP contribution in [0.3, 0.4) is 0 Å². The van der Waals surface area contributed by atoms with Gasteiger partial charge in [0.1, 0.15) is 0 Å². The first kappa shape index (κ1) is 9.82. The number of halogens is 2. The highest BCUT2D eigenvalue weighted by atomic mass is 19.3. The Labute approximate surface area is 62.3 Å². The van der Waals surface area contributed by atoms with Crippen molar-refractivity contribution < 1.29 is 10.2 Å². The molecule has 0 aromatic rings. The first-order valence-electron chi connectivity index (χ1n) is 3.71. The van der Waals surface area contributed by atoms with Crippen molar-refractivity contribution in [3.05, 3.63) is 0 Å². The number of alkyl halides is 2. The molecule has 0 aliphatic carbocycles. The van der Waals surface area contributed by atoms with Crippen molar-refractivity contribution >= 4 is 0 Å². The molecule has 0 rings (SSSR count). The fourth-order valence-electron chi connectivity index (χ4n) is 0.625. The van der Waals surface area contributed by atoms with E-state index in [-0.39, 0.29) is 14.3 Å². The van der Waals surface area contributed by atoms with Gasteiger partial charge in [-0.05, 0) is 6.54 Å². The van der Waals surface area contributed by atoms with E-state index >= 15 is 0 Å². The molecule has 0 atom stereocenters. The molecule has 0 amide bonds. The van der Waals surface area contributed by atoms with Crippen LogP contribution in [0.15, 0.2) is 0 Å². The SMILES string of the molecule is CCNCCC(F)(F)CC.[HH]. The van der Waals surface area contributed by atoms with Gasteiger partial charge in [0.2, 0.25) is 5.92 Å². The lowest BCUT2D eigenvalue weighted by Crippen LogP contribution is -2.23. The second-order valence-electron chi connectivity index (χ2n) is 2.31. The Morgan fingerprint density at radius 2 is 2.00 bits per heavy atom. The normalized spacial score (nSPS) is 12.0. The molecule has 0 spiro atoms. The Kier molecular flexibility index (Phi) is 4.52. The van der Waals surface area contributed by atoms with Crippen LogP contribution in [0.5, 0.6) is 0 Å². The van der Waals surface area contributed by atoms with Gasteiger partial charge in [0.05, 0.1) is 0 Å². The highest BCUT2D eigenvalue weighted by molar-refractivity contribution is 4.64. The summed E-state index contributed by atoms with van der Waals surface area (Å²) in [5, 5.41) is 2.86. The molecule has 0 aromatic carbocycles. The smallest absolute Gasteiger partial charge is 0.249 e. The largest absolute Gasteiger partial charge is 0.317 e.